The lowest BCUT2D eigenvalue weighted by molar-refractivity contribution is 0.480. The van der Waals surface area contributed by atoms with Gasteiger partial charge in [0.2, 0.25) is 0 Å². The van der Waals surface area contributed by atoms with Crippen LogP contribution in [0.3, 0.4) is 0 Å². The number of fused-ring (bicyclic) bond motifs is 1. The lowest BCUT2D eigenvalue weighted by atomic mass is 9.97. The fourth-order valence-corrected chi connectivity index (χ4v) is 2.41. The third-order valence-electron chi connectivity index (χ3n) is 3.35. The molecule has 1 aromatic rings. The van der Waals surface area contributed by atoms with Gasteiger partial charge < -0.3 is 16.0 Å². The van der Waals surface area contributed by atoms with Gasteiger partial charge in [-0.05, 0) is 38.5 Å². The number of benzene rings is 1. The molecule has 1 heterocycles. The number of anilines is 2. The van der Waals surface area contributed by atoms with Crippen molar-refractivity contribution in [2.75, 3.05) is 23.3 Å². The van der Waals surface area contributed by atoms with Gasteiger partial charge in [0.05, 0.1) is 16.9 Å². The zero-order valence-electron chi connectivity index (χ0n) is 10.4. The molecule has 0 fully saturated rings. The van der Waals surface area contributed by atoms with E-state index in [1.807, 2.05) is 0 Å². The van der Waals surface area contributed by atoms with Crippen molar-refractivity contribution in [3.05, 3.63) is 23.8 Å². The maximum atomic E-state index is 5.70. The van der Waals surface area contributed by atoms with E-state index in [0.29, 0.717) is 6.54 Å². The van der Waals surface area contributed by atoms with Crippen LogP contribution in [0.1, 0.15) is 26.3 Å². The van der Waals surface area contributed by atoms with Crippen molar-refractivity contribution in [3.8, 4) is 0 Å². The molecule has 0 unspecified atom stereocenters. The average Bonchev–Trinajstić information content (AvgIpc) is 2.27. The molecule has 1 aromatic carbocycles. The molecular weight excluding hydrogens is 198 g/mol. The summed E-state index contributed by atoms with van der Waals surface area (Å²) in [6.07, 6.45) is 0. The molecule has 88 valence electrons. The van der Waals surface area contributed by atoms with Gasteiger partial charge in [-0.15, -0.1) is 0 Å². The zero-order chi connectivity index (χ0) is 11.8. The van der Waals surface area contributed by atoms with Crippen LogP contribution in [0.15, 0.2) is 18.2 Å². The molecule has 0 radical (unpaired) electrons. The van der Waals surface area contributed by atoms with E-state index in [2.05, 4.69) is 49.2 Å². The smallest absolute Gasteiger partial charge is 0.0610 e. The molecule has 0 aliphatic carbocycles. The molecule has 0 amide bonds. The second-order valence-corrected chi connectivity index (χ2v) is 4.97. The summed E-state index contributed by atoms with van der Waals surface area (Å²) in [6, 6.07) is 6.43. The van der Waals surface area contributed by atoms with E-state index in [1.165, 1.54) is 16.9 Å². The van der Waals surface area contributed by atoms with Gasteiger partial charge >= 0.3 is 0 Å². The fourth-order valence-electron chi connectivity index (χ4n) is 2.41. The molecule has 1 aliphatic rings. The number of nitrogens with two attached hydrogens (primary N) is 1. The predicted molar refractivity (Wildman–Crippen MR) is 69.9 cm³/mol. The number of nitrogens with zero attached hydrogens (tertiary/aromatic N) is 1. The molecule has 0 saturated heterocycles. The van der Waals surface area contributed by atoms with Crippen LogP contribution in [-0.4, -0.2) is 18.6 Å². The van der Waals surface area contributed by atoms with Gasteiger partial charge in [-0.25, -0.2) is 0 Å². The number of hydrogen-bond acceptors (Lipinski definition) is 3. The highest BCUT2D eigenvalue weighted by Gasteiger charge is 2.31. The number of rotatable bonds is 2. The van der Waals surface area contributed by atoms with Crippen LogP contribution in [0.4, 0.5) is 11.4 Å². The van der Waals surface area contributed by atoms with Crippen molar-refractivity contribution in [1.82, 2.24) is 0 Å². The van der Waals surface area contributed by atoms with Gasteiger partial charge in [-0.3, -0.25) is 0 Å². The Bertz CT molecular complexity index is 385. The summed E-state index contributed by atoms with van der Waals surface area (Å²) in [5.41, 5.74) is 9.55. The monoisotopic (exact) mass is 219 g/mol. The normalized spacial score (nSPS) is 17.9. The minimum Gasteiger partial charge on any atom is -0.381 e. The Morgan fingerprint density at radius 3 is 2.81 bits per heavy atom. The third kappa shape index (κ3) is 1.76. The van der Waals surface area contributed by atoms with E-state index < -0.39 is 0 Å². The molecule has 2 rings (SSSR count). The first-order chi connectivity index (χ1) is 7.58. The van der Waals surface area contributed by atoms with Crippen LogP contribution in [0.5, 0.6) is 0 Å². The molecule has 0 aromatic heterocycles. The van der Waals surface area contributed by atoms with Crippen molar-refractivity contribution in [2.24, 2.45) is 5.73 Å². The largest absolute Gasteiger partial charge is 0.381 e. The Labute approximate surface area is 97.6 Å². The third-order valence-corrected chi connectivity index (χ3v) is 3.35. The molecule has 16 heavy (non-hydrogen) atoms. The molecule has 0 saturated carbocycles. The molecule has 0 spiro atoms. The summed E-state index contributed by atoms with van der Waals surface area (Å²) in [4.78, 5) is 2.44. The van der Waals surface area contributed by atoms with E-state index in [0.717, 1.165) is 13.1 Å². The summed E-state index contributed by atoms with van der Waals surface area (Å²) in [7, 11) is 0. The van der Waals surface area contributed by atoms with Crippen LogP contribution < -0.4 is 16.0 Å². The highest BCUT2D eigenvalue weighted by Crippen LogP contribution is 2.36. The molecule has 0 atom stereocenters. The zero-order valence-corrected chi connectivity index (χ0v) is 10.4. The summed E-state index contributed by atoms with van der Waals surface area (Å²) < 4.78 is 0. The Kier molecular flexibility index (Phi) is 2.80. The minimum atomic E-state index is 0.162. The first-order valence-electron chi connectivity index (χ1n) is 5.93. The highest BCUT2D eigenvalue weighted by molar-refractivity contribution is 5.74. The van der Waals surface area contributed by atoms with Crippen molar-refractivity contribution in [2.45, 2.75) is 32.9 Å². The minimum absolute atomic E-state index is 0.162. The number of likely N-dealkylation sites (N-methyl/N-ethyl adjacent to an activating group) is 1. The molecule has 3 N–H and O–H groups in total. The maximum Gasteiger partial charge on any atom is 0.0610 e. The van der Waals surface area contributed by atoms with Gasteiger partial charge in [0, 0.05) is 19.6 Å². The van der Waals surface area contributed by atoms with Gasteiger partial charge in [0.1, 0.15) is 0 Å². The quantitative estimate of drug-likeness (QED) is 0.801. The summed E-state index contributed by atoms with van der Waals surface area (Å²) in [5, 5.41) is 3.49. The maximum absolute atomic E-state index is 5.70. The Morgan fingerprint density at radius 2 is 2.19 bits per heavy atom. The van der Waals surface area contributed by atoms with Crippen LogP contribution >= 0.6 is 0 Å². The lowest BCUT2D eigenvalue weighted by Crippen LogP contribution is -2.52. The van der Waals surface area contributed by atoms with Crippen molar-refractivity contribution in [3.63, 3.8) is 0 Å². The van der Waals surface area contributed by atoms with Crippen LogP contribution in [0.25, 0.3) is 0 Å². The highest BCUT2D eigenvalue weighted by atomic mass is 15.2. The second-order valence-electron chi connectivity index (χ2n) is 4.97. The predicted octanol–water partition coefficient (Wildman–Crippen LogP) is 2.18. The lowest BCUT2D eigenvalue weighted by Gasteiger charge is -2.45. The van der Waals surface area contributed by atoms with Crippen molar-refractivity contribution < 1.29 is 0 Å². The van der Waals surface area contributed by atoms with E-state index >= 15 is 0 Å². The van der Waals surface area contributed by atoms with E-state index in [9.17, 15) is 0 Å². The van der Waals surface area contributed by atoms with E-state index in [1.54, 1.807) is 0 Å². The number of hydrogen-bond donors (Lipinski definition) is 2. The summed E-state index contributed by atoms with van der Waals surface area (Å²) in [5.74, 6) is 0. The average molecular weight is 219 g/mol. The molecule has 1 aliphatic heterocycles. The van der Waals surface area contributed by atoms with Crippen LogP contribution in [0, 0.1) is 0 Å². The molecular formula is C13H21N3. The first-order valence-corrected chi connectivity index (χ1v) is 5.93. The Hall–Kier alpha value is -1.22. The van der Waals surface area contributed by atoms with E-state index in [4.69, 9.17) is 5.73 Å². The molecule has 3 heteroatoms. The Morgan fingerprint density at radius 1 is 1.44 bits per heavy atom. The Balaban J connectivity index is 2.46. The van der Waals surface area contributed by atoms with Crippen molar-refractivity contribution >= 4 is 11.4 Å². The molecule has 0 bridgehead atoms. The number of nitrogens with one attached hydrogen (secondary N) is 1. The second kappa shape index (κ2) is 3.98. The first kappa shape index (κ1) is 11.3. The van der Waals surface area contributed by atoms with Gasteiger partial charge in [-0.1, -0.05) is 6.07 Å². The van der Waals surface area contributed by atoms with Gasteiger partial charge in [0.25, 0.3) is 0 Å². The molecule has 3 nitrogen and oxygen atoms in total. The van der Waals surface area contributed by atoms with Gasteiger partial charge in [0.15, 0.2) is 0 Å². The van der Waals surface area contributed by atoms with Crippen molar-refractivity contribution in [1.29, 1.82) is 0 Å². The summed E-state index contributed by atoms with van der Waals surface area (Å²) >= 11 is 0. The van der Waals surface area contributed by atoms with Crippen LogP contribution in [0.2, 0.25) is 0 Å². The standard InChI is InChI=1S/C13H21N3/c1-4-16-12-7-10(8-14)5-6-11(12)15-9-13(16,2)3/h5-7,15H,4,8-9,14H2,1-3H3. The van der Waals surface area contributed by atoms with Crippen LogP contribution in [-0.2, 0) is 6.54 Å². The van der Waals surface area contributed by atoms with Gasteiger partial charge in [-0.2, -0.15) is 0 Å². The SMILES string of the molecule is CCN1c2cc(CN)ccc2NCC1(C)C. The fraction of sp³-hybridized carbons (Fsp3) is 0.538. The van der Waals surface area contributed by atoms with E-state index in [-0.39, 0.29) is 5.54 Å². The summed E-state index contributed by atoms with van der Waals surface area (Å²) in [6.45, 7) is 9.34. The topological polar surface area (TPSA) is 41.3 Å².